The number of rotatable bonds is 6. The fourth-order valence-corrected chi connectivity index (χ4v) is 4.69. The van der Waals surface area contributed by atoms with Crippen LogP contribution in [0.1, 0.15) is 33.8 Å². The zero-order valence-electron chi connectivity index (χ0n) is 18.4. The summed E-state index contributed by atoms with van der Waals surface area (Å²) in [7, 11) is 0. The Morgan fingerprint density at radius 3 is 2.82 bits per heavy atom. The Kier molecular flexibility index (Phi) is 5.55. The summed E-state index contributed by atoms with van der Waals surface area (Å²) in [5.41, 5.74) is 3.40. The summed E-state index contributed by atoms with van der Waals surface area (Å²) in [6, 6.07) is 5.64. The molecule has 3 N–H and O–H groups in total. The van der Waals surface area contributed by atoms with E-state index in [0.717, 1.165) is 53.8 Å². The monoisotopic (exact) mass is 464 g/mol. The molecular weight excluding hydrogens is 440 g/mol. The van der Waals surface area contributed by atoms with Gasteiger partial charge in [-0.05, 0) is 38.3 Å². The van der Waals surface area contributed by atoms with Crippen molar-refractivity contribution in [2.24, 2.45) is 0 Å². The van der Waals surface area contributed by atoms with Crippen LogP contribution in [-0.4, -0.2) is 54.8 Å². The maximum Gasteiger partial charge on any atom is 0.267 e. The molecule has 0 bridgehead atoms. The van der Waals surface area contributed by atoms with Crippen molar-refractivity contribution >= 4 is 50.7 Å². The fraction of sp³-hybridized carbons (Fsp3) is 0.318. The predicted molar refractivity (Wildman–Crippen MR) is 127 cm³/mol. The van der Waals surface area contributed by atoms with Gasteiger partial charge in [0.15, 0.2) is 10.9 Å². The van der Waals surface area contributed by atoms with Crippen LogP contribution in [0.5, 0.6) is 0 Å². The number of thiazole rings is 1. The smallest absolute Gasteiger partial charge is 0.267 e. The van der Waals surface area contributed by atoms with E-state index in [-0.39, 0.29) is 18.4 Å². The van der Waals surface area contributed by atoms with E-state index in [1.807, 2.05) is 30.9 Å². The van der Waals surface area contributed by atoms with Crippen LogP contribution in [0.15, 0.2) is 30.6 Å². The lowest BCUT2D eigenvalue weighted by molar-refractivity contribution is -0.130. The van der Waals surface area contributed by atoms with E-state index in [9.17, 15) is 9.59 Å². The summed E-state index contributed by atoms with van der Waals surface area (Å²) in [5, 5.41) is 19.2. The minimum Gasteiger partial charge on any atom is -0.341 e. The van der Waals surface area contributed by atoms with Gasteiger partial charge in [0.05, 0.1) is 17.4 Å². The molecule has 0 spiro atoms. The highest BCUT2D eigenvalue weighted by molar-refractivity contribution is 7.17. The first-order valence-electron chi connectivity index (χ1n) is 10.8. The van der Waals surface area contributed by atoms with Gasteiger partial charge in [0.2, 0.25) is 5.91 Å². The largest absolute Gasteiger partial charge is 0.341 e. The first-order valence-corrected chi connectivity index (χ1v) is 11.6. The minimum atomic E-state index is -0.238. The average molecular weight is 465 g/mol. The quantitative estimate of drug-likeness (QED) is 0.402. The molecule has 170 valence electrons. The highest BCUT2D eigenvalue weighted by Crippen LogP contribution is 2.30. The molecule has 4 heterocycles. The molecule has 11 heteroatoms. The van der Waals surface area contributed by atoms with Crippen molar-refractivity contribution in [2.45, 2.75) is 33.2 Å². The van der Waals surface area contributed by atoms with Gasteiger partial charge >= 0.3 is 0 Å². The first kappa shape index (κ1) is 21.1. The zero-order chi connectivity index (χ0) is 22.9. The SMILES string of the molecule is Cc1ccc2n[nH]c(C)c2c1NC(=O)c1cnc(Nc2ccn(CC(=O)N3CCCC3)n2)s1. The molecule has 1 aliphatic rings. The topological polar surface area (TPSA) is 121 Å². The Hall–Kier alpha value is -3.73. The second-order valence-corrected chi connectivity index (χ2v) is 9.13. The molecule has 1 aromatic carbocycles. The molecule has 1 fully saturated rings. The van der Waals surface area contributed by atoms with Crippen LogP contribution in [0, 0.1) is 13.8 Å². The number of nitrogens with one attached hydrogen (secondary N) is 3. The summed E-state index contributed by atoms with van der Waals surface area (Å²) in [6.07, 6.45) is 5.42. The van der Waals surface area contributed by atoms with Crippen LogP contribution in [0.3, 0.4) is 0 Å². The van der Waals surface area contributed by atoms with Crippen molar-refractivity contribution in [2.75, 3.05) is 23.7 Å². The van der Waals surface area contributed by atoms with Gasteiger partial charge in [-0.1, -0.05) is 17.4 Å². The molecule has 5 rings (SSSR count). The first-order chi connectivity index (χ1) is 16.0. The number of carbonyl (C=O) groups is 2. The number of aromatic nitrogens is 5. The van der Waals surface area contributed by atoms with Crippen molar-refractivity contribution < 1.29 is 9.59 Å². The molecule has 0 saturated carbocycles. The van der Waals surface area contributed by atoms with Gasteiger partial charge in [0.25, 0.3) is 5.91 Å². The molecule has 0 radical (unpaired) electrons. The van der Waals surface area contributed by atoms with Crippen molar-refractivity contribution in [3.63, 3.8) is 0 Å². The summed E-state index contributed by atoms with van der Waals surface area (Å²) < 4.78 is 1.61. The number of nitrogens with zero attached hydrogens (tertiary/aromatic N) is 5. The van der Waals surface area contributed by atoms with Crippen LogP contribution >= 0.6 is 11.3 Å². The zero-order valence-corrected chi connectivity index (χ0v) is 19.2. The van der Waals surface area contributed by atoms with E-state index in [1.54, 1.807) is 16.9 Å². The average Bonchev–Trinajstić information content (AvgIpc) is 3.59. The molecule has 1 aliphatic heterocycles. The van der Waals surface area contributed by atoms with Crippen LogP contribution in [0.25, 0.3) is 10.9 Å². The van der Waals surface area contributed by atoms with E-state index < -0.39 is 0 Å². The van der Waals surface area contributed by atoms with E-state index in [0.29, 0.717) is 15.8 Å². The minimum absolute atomic E-state index is 0.0773. The number of benzene rings is 1. The number of aryl methyl sites for hydroxylation is 2. The van der Waals surface area contributed by atoms with Gasteiger partial charge in [-0.25, -0.2) is 4.98 Å². The van der Waals surface area contributed by atoms with Crippen molar-refractivity contribution in [1.29, 1.82) is 0 Å². The number of H-pyrrole nitrogens is 1. The van der Waals surface area contributed by atoms with Crippen LogP contribution in [-0.2, 0) is 11.3 Å². The third-order valence-electron chi connectivity index (χ3n) is 5.71. The van der Waals surface area contributed by atoms with Gasteiger partial charge in [-0.3, -0.25) is 19.4 Å². The number of anilines is 3. The normalized spacial score (nSPS) is 13.6. The lowest BCUT2D eigenvalue weighted by atomic mass is 10.1. The molecule has 0 atom stereocenters. The molecule has 4 aromatic rings. The number of amides is 2. The summed E-state index contributed by atoms with van der Waals surface area (Å²) >= 11 is 1.23. The standard InChI is InChI=1S/C22H24N8O2S/c1-13-5-6-15-19(14(2)26-27-15)20(13)25-21(32)16-11-23-22(33-16)24-17-7-10-30(28-17)12-18(31)29-8-3-4-9-29/h5-7,10-11H,3-4,8-9,12H2,1-2H3,(H,25,32)(H,26,27)(H,23,24,28). The van der Waals surface area contributed by atoms with E-state index in [4.69, 9.17) is 0 Å². The lowest BCUT2D eigenvalue weighted by Gasteiger charge is -2.14. The van der Waals surface area contributed by atoms with Gasteiger partial charge in [0, 0.05) is 36.4 Å². The lowest BCUT2D eigenvalue weighted by Crippen LogP contribution is -2.31. The van der Waals surface area contributed by atoms with E-state index in [1.165, 1.54) is 17.5 Å². The number of hydrogen-bond donors (Lipinski definition) is 3. The molecule has 33 heavy (non-hydrogen) atoms. The number of hydrogen-bond acceptors (Lipinski definition) is 7. The van der Waals surface area contributed by atoms with Gasteiger partial charge < -0.3 is 15.5 Å². The Morgan fingerprint density at radius 1 is 1.18 bits per heavy atom. The van der Waals surface area contributed by atoms with Gasteiger partial charge in [-0.2, -0.15) is 10.2 Å². The second kappa shape index (κ2) is 8.66. The third-order valence-corrected chi connectivity index (χ3v) is 6.62. The molecule has 10 nitrogen and oxygen atoms in total. The van der Waals surface area contributed by atoms with Gasteiger partial charge in [-0.15, -0.1) is 0 Å². The number of likely N-dealkylation sites (tertiary alicyclic amines) is 1. The number of carbonyl (C=O) groups excluding carboxylic acids is 2. The maximum absolute atomic E-state index is 12.9. The Balaban J connectivity index is 1.25. The summed E-state index contributed by atoms with van der Waals surface area (Å²) in [4.78, 5) is 31.8. The molecule has 0 unspecified atom stereocenters. The Labute approximate surface area is 194 Å². The summed E-state index contributed by atoms with van der Waals surface area (Å²) in [6.45, 7) is 5.74. The highest BCUT2D eigenvalue weighted by Gasteiger charge is 2.19. The highest BCUT2D eigenvalue weighted by atomic mass is 32.1. The molecule has 0 aliphatic carbocycles. The van der Waals surface area contributed by atoms with E-state index >= 15 is 0 Å². The van der Waals surface area contributed by atoms with Crippen molar-refractivity contribution in [3.05, 3.63) is 46.7 Å². The fourth-order valence-electron chi connectivity index (χ4n) is 3.97. The van der Waals surface area contributed by atoms with E-state index in [2.05, 4.69) is 30.9 Å². The van der Waals surface area contributed by atoms with Crippen molar-refractivity contribution in [1.82, 2.24) is 29.9 Å². The summed E-state index contributed by atoms with van der Waals surface area (Å²) in [5.74, 6) is 0.409. The van der Waals surface area contributed by atoms with Gasteiger partial charge in [0.1, 0.15) is 11.4 Å². The Bertz CT molecular complexity index is 1330. The van der Waals surface area contributed by atoms with Crippen LogP contribution in [0.2, 0.25) is 0 Å². The molecule has 2 amide bonds. The van der Waals surface area contributed by atoms with Crippen LogP contribution in [0.4, 0.5) is 16.6 Å². The Morgan fingerprint density at radius 2 is 2.00 bits per heavy atom. The maximum atomic E-state index is 12.9. The number of fused-ring (bicyclic) bond motifs is 1. The predicted octanol–water partition coefficient (Wildman–Crippen LogP) is 3.45. The third kappa shape index (κ3) is 4.31. The molecule has 3 aromatic heterocycles. The van der Waals surface area contributed by atoms with Crippen LogP contribution < -0.4 is 10.6 Å². The number of aromatic amines is 1. The molecular formula is C22H24N8O2S. The second-order valence-electron chi connectivity index (χ2n) is 8.10. The van der Waals surface area contributed by atoms with Crippen molar-refractivity contribution in [3.8, 4) is 0 Å². The molecule has 1 saturated heterocycles.